The fraction of sp³-hybridized carbons (Fsp3) is 0.481. The first-order valence-corrected chi connectivity index (χ1v) is 12.4. The van der Waals surface area contributed by atoms with E-state index in [0.717, 1.165) is 74.9 Å². The van der Waals surface area contributed by atoms with Gasteiger partial charge in [0.25, 0.3) is 0 Å². The molecule has 5 rings (SSSR count). The molecular weight excluding hydrogens is 426 g/mol. The first-order chi connectivity index (χ1) is 16.5. The van der Waals surface area contributed by atoms with Gasteiger partial charge in [-0.15, -0.1) is 0 Å². The Morgan fingerprint density at radius 2 is 1.97 bits per heavy atom. The number of nitrogens with zero attached hydrogens (tertiary/aromatic N) is 4. The average Bonchev–Trinajstić information content (AvgIpc) is 3.47. The van der Waals surface area contributed by atoms with Crippen LogP contribution in [0.2, 0.25) is 0 Å². The van der Waals surface area contributed by atoms with Crippen LogP contribution in [-0.4, -0.2) is 78.1 Å². The van der Waals surface area contributed by atoms with Crippen LogP contribution in [0.1, 0.15) is 37.3 Å². The molecule has 3 aliphatic rings. The number of hydrogen-bond donors (Lipinski definition) is 1. The number of piperazine rings is 1. The number of fused-ring (bicyclic) bond motifs is 1. The standard InChI is InChI=1S/C27H35N5O2/c1-19(2)29-27(33)32-10-8-20(9-11-32)23-5-6-25-24(23)16-21(17-28-25)26-7-4-22(34-26)18-31-14-12-30(3)13-15-31/h4-5,7-8,16-17,19H,6,9-15,18H2,1-3H3,(H,29,33). The topological polar surface area (TPSA) is 64.9 Å². The van der Waals surface area contributed by atoms with E-state index < -0.39 is 0 Å². The van der Waals surface area contributed by atoms with E-state index in [1.165, 1.54) is 16.7 Å². The molecule has 2 aliphatic heterocycles. The molecular formula is C27H35N5O2. The van der Waals surface area contributed by atoms with Crippen molar-refractivity contribution < 1.29 is 9.21 Å². The zero-order valence-electron chi connectivity index (χ0n) is 20.5. The number of aromatic nitrogens is 1. The fourth-order valence-corrected chi connectivity index (χ4v) is 4.92. The number of hydrogen-bond acceptors (Lipinski definition) is 5. The summed E-state index contributed by atoms with van der Waals surface area (Å²) in [6, 6.07) is 6.55. The van der Waals surface area contributed by atoms with Crippen LogP contribution in [0.25, 0.3) is 16.9 Å². The van der Waals surface area contributed by atoms with Gasteiger partial charge in [0.15, 0.2) is 0 Å². The summed E-state index contributed by atoms with van der Waals surface area (Å²) in [7, 11) is 2.18. The molecule has 2 aromatic rings. The van der Waals surface area contributed by atoms with Crippen molar-refractivity contribution in [2.75, 3.05) is 46.3 Å². The Morgan fingerprint density at radius 3 is 2.71 bits per heavy atom. The zero-order chi connectivity index (χ0) is 23.7. The van der Waals surface area contributed by atoms with Crippen LogP contribution in [-0.2, 0) is 13.0 Å². The second-order valence-electron chi connectivity index (χ2n) is 9.92. The van der Waals surface area contributed by atoms with E-state index in [4.69, 9.17) is 9.40 Å². The lowest BCUT2D eigenvalue weighted by Gasteiger charge is -2.31. The molecule has 0 aromatic carbocycles. The van der Waals surface area contributed by atoms with E-state index >= 15 is 0 Å². The van der Waals surface area contributed by atoms with E-state index in [9.17, 15) is 4.79 Å². The number of pyridine rings is 1. The molecule has 7 heteroatoms. The summed E-state index contributed by atoms with van der Waals surface area (Å²) in [5, 5.41) is 2.99. The molecule has 0 spiro atoms. The van der Waals surface area contributed by atoms with Gasteiger partial charge in [-0.3, -0.25) is 9.88 Å². The first-order valence-electron chi connectivity index (χ1n) is 12.4. The Hall–Kier alpha value is -2.90. The Kier molecular flexibility index (Phi) is 6.57. The molecule has 180 valence electrons. The van der Waals surface area contributed by atoms with Crippen molar-refractivity contribution in [2.24, 2.45) is 0 Å². The second-order valence-corrected chi connectivity index (χ2v) is 9.92. The maximum atomic E-state index is 12.3. The molecule has 1 aliphatic carbocycles. The molecule has 7 nitrogen and oxygen atoms in total. The minimum Gasteiger partial charge on any atom is -0.460 e. The molecule has 4 heterocycles. The van der Waals surface area contributed by atoms with Gasteiger partial charge < -0.3 is 19.5 Å². The summed E-state index contributed by atoms with van der Waals surface area (Å²) in [5.74, 6) is 1.88. The first kappa shape index (κ1) is 22.9. The monoisotopic (exact) mass is 461 g/mol. The van der Waals surface area contributed by atoms with Gasteiger partial charge in [0, 0.05) is 69.1 Å². The van der Waals surface area contributed by atoms with Crippen molar-refractivity contribution >= 4 is 11.6 Å². The highest BCUT2D eigenvalue weighted by Crippen LogP contribution is 2.37. The third-order valence-electron chi connectivity index (χ3n) is 6.94. The maximum absolute atomic E-state index is 12.3. The SMILES string of the molecule is CC(C)NC(=O)N1CC=C(C2=CCc3ncc(-c4ccc(CN5CCN(C)CC5)o4)cc32)CC1. The Bertz CT molecular complexity index is 1110. The zero-order valence-corrected chi connectivity index (χ0v) is 20.5. The molecule has 0 unspecified atom stereocenters. The number of amides is 2. The number of furan rings is 1. The van der Waals surface area contributed by atoms with Crippen molar-refractivity contribution in [3.63, 3.8) is 0 Å². The highest BCUT2D eigenvalue weighted by molar-refractivity contribution is 5.85. The number of nitrogens with one attached hydrogen (secondary N) is 1. The summed E-state index contributed by atoms with van der Waals surface area (Å²) in [4.78, 5) is 23.8. The molecule has 1 fully saturated rings. The molecule has 34 heavy (non-hydrogen) atoms. The number of carbonyl (C=O) groups is 1. The fourth-order valence-electron chi connectivity index (χ4n) is 4.92. The van der Waals surface area contributed by atoms with Gasteiger partial charge in [0.2, 0.25) is 0 Å². The summed E-state index contributed by atoms with van der Waals surface area (Å²) in [6.45, 7) is 10.6. The van der Waals surface area contributed by atoms with E-state index in [-0.39, 0.29) is 12.1 Å². The maximum Gasteiger partial charge on any atom is 0.317 e. The molecule has 2 aromatic heterocycles. The lowest BCUT2D eigenvalue weighted by atomic mass is 9.95. The van der Waals surface area contributed by atoms with E-state index in [2.05, 4.69) is 52.5 Å². The molecule has 0 bridgehead atoms. The summed E-state index contributed by atoms with van der Waals surface area (Å²) < 4.78 is 6.23. The van der Waals surface area contributed by atoms with Gasteiger partial charge in [0.05, 0.1) is 12.2 Å². The number of allylic oxidation sites excluding steroid dienone is 2. The number of likely N-dealkylation sites (N-methyl/N-ethyl adjacent to an activating group) is 1. The van der Waals surface area contributed by atoms with Gasteiger partial charge in [-0.25, -0.2) is 4.79 Å². The van der Waals surface area contributed by atoms with E-state index in [1.807, 2.05) is 24.9 Å². The van der Waals surface area contributed by atoms with Crippen molar-refractivity contribution in [2.45, 2.75) is 39.3 Å². The predicted molar refractivity (Wildman–Crippen MR) is 134 cm³/mol. The summed E-state index contributed by atoms with van der Waals surface area (Å²) in [6.07, 6.45) is 8.11. The highest BCUT2D eigenvalue weighted by atomic mass is 16.3. The molecule has 1 N–H and O–H groups in total. The van der Waals surface area contributed by atoms with Crippen LogP contribution in [0.15, 0.2) is 46.5 Å². The van der Waals surface area contributed by atoms with Crippen LogP contribution < -0.4 is 5.32 Å². The Balaban J connectivity index is 1.28. The number of urea groups is 1. The molecule has 0 saturated carbocycles. The molecule has 0 radical (unpaired) electrons. The average molecular weight is 462 g/mol. The second kappa shape index (κ2) is 9.76. The third kappa shape index (κ3) is 4.95. The van der Waals surface area contributed by atoms with Crippen LogP contribution in [0, 0.1) is 0 Å². The van der Waals surface area contributed by atoms with Gasteiger partial charge in [-0.2, -0.15) is 0 Å². The third-order valence-corrected chi connectivity index (χ3v) is 6.94. The normalized spacial score (nSPS) is 19.2. The Morgan fingerprint density at radius 1 is 1.15 bits per heavy atom. The van der Waals surface area contributed by atoms with E-state index in [1.54, 1.807) is 0 Å². The summed E-state index contributed by atoms with van der Waals surface area (Å²) >= 11 is 0. The van der Waals surface area contributed by atoms with Gasteiger partial charge in [0.1, 0.15) is 11.5 Å². The van der Waals surface area contributed by atoms with Crippen molar-refractivity contribution in [3.8, 4) is 11.3 Å². The van der Waals surface area contributed by atoms with Crippen molar-refractivity contribution in [3.05, 3.63) is 59.1 Å². The number of carbonyl (C=O) groups excluding carboxylic acids is 1. The minimum atomic E-state index is 0.0141. The van der Waals surface area contributed by atoms with Crippen LogP contribution in [0.3, 0.4) is 0 Å². The molecule has 0 atom stereocenters. The van der Waals surface area contributed by atoms with Gasteiger partial charge in [-0.05, 0) is 56.7 Å². The largest absolute Gasteiger partial charge is 0.460 e. The number of rotatable bonds is 5. The van der Waals surface area contributed by atoms with Crippen LogP contribution in [0.5, 0.6) is 0 Å². The quantitative estimate of drug-likeness (QED) is 0.734. The van der Waals surface area contributed by atoms with E-state index in [0.29, 0.717) is 6.54 Å². The lowest BCUT2D eigenvalue weighted by molar-refractivity contribution is 0.140. The lowest BCUT2D eigenvalue weighted by Crippen LogP contribution is -2.44. The van der Waals surface area contributed by atoms with Gasteiger partial charge in [-0.1, -0.05) is 12.2 Å². The summed E-state index contributed by atoms with van der Waals surface area (Å²) in [5.41, 5.74) is 5.90. The van der Waals surface area contributed by atoms with Crippen molar-refractivity contribution in [1.29, 1.82) is 0 Å². The van der Waals surface area contributed by atoms with Crippen molar-refractivity contribution in [1.82, 2.24) is 25.0 Å². The molecule has 2 amide bonds. The highest BCUT2D eigenvalue weighted by Gasteiger charge is 2.24. The predicted octanol–water partition coefficient (Wildman–Crippen LogP) is 3.78. The smallest absolute Gasteiger partial charge is 0.317 e. The Labute approximate surface area is 202 Å². The van der Waals surface area contributed by atoms with Crippen LogP contribution >= 0.6 is 0 Å². The van der Waals surface area contributed by atoms with Gasteiger partial charge >= 0.3 is 6.03 Å². The van der Waals surface area contributed by atoms with Crippen LogP contribution in [0.4, 0.5) is 4.79 Å². The minimum absolute atomic E-state index is 0.0141. The molecule has 1 saturated heterocycles.